The Balaban J connectivity index is 2.58. The van der Waals surface area contributed by atoms with Gasteiger partial charge in [-0.1, -0.05) is 0 Å². The SMILES string of the molecule is COc1ccc(N/N=C/C=O)cc1. The molecule has 1 aromatic rings. The van der Waals surface area contributed by atoms with Crippen molar-refractivity contribution >= 4 is 18.2 Å². The zero-order valence-corrected chi connectivity index (χ0v) is 7.23. The first-order valence-electron chi connectivity index (χ1n) is 3.73. The topological polar surface area (TPSA) is 50.7 Å². The Morgan fingerprint density at radius 3 is 2.62 bits per heavy atom. The lowest BCUT2D eigenvalue weighted by atomic mass is 10.3. The highest BCUT2D eigenvalue weighted by molar-refractivity contribution is 6.13. The summed E-state index contributed by atoms with van der Waals surface area (Å²) in [6, 6.07) is 7.22. The van der Waals surface area contributed by atoms with Gasteiger partial charge in [-0.2, -0.15) is 5.10 Å². The number of benzene rings is 1. The largest absolute Gasteiger partial charge is 0.497 e. The summed E-state index contributed by atoms with van der Waals surface area (Å²) in [6.45, 7) is 0. The Bertz CT molecular complexity index is 293. The minimum atomic E-state index is 0.608. The summed E-state index contributed by atoms with van der Waals surface area (Å²) >= 11 is 0. The number of aldehydes is 1. The number of hydrazone groups is 1. The van der Waals surface area contributed by atoms with Crippen LogP contribution in [0.5, 0.6) is 5.75 Å². The second-order valence-corrected chi connectivity index (χ2v) is 2.25. The van der Waals surface area contributed by atoms with Crippen molar-refractivity contribution in [3.05, 3.63) is 24.3 Å². The molecule has 0 unspecified atom stereocenters. The van der Waals surface area contributed by atoms with Crippen LogP contribution in [0.15, 0.2) is 29.4 Å². The molecule has 4 heteroatoms. The maximum atomic E-state index is 9.89. The van der Waals surface area contributed by atoms with Crippen LogP contribution in [0.3, 0.4) is 0 Å². The molecule has 0 amide bonds. The van der Waals surface area contributed by atoms with Gasteiger partial charge in [0.2, 0.25) is 0 Å². The molecule has 1 aromatic carbocycles. The second-order valence-electron chi connectivity index (χ2n) is 2.25. The molecule has 0 radical (unpaired) electrons. The number of hydrogen-bond acceptors (Lipinski definition) is 4. The summed E-state index contributed by atoms with van der Waals surface area (Å²) in [4.78, 5) is 9.89. The van der Waals surface area contributed by atoms with Crippen LogP contribution in [-0.2, 0) is 4.79 Å². The lowest BCUT2D eigenvalue weighted by molar-refractivity contribution is -0.102. The van der Waals surface area contributed by atoms with E-state index in [4.69, 9.17) is 4.74 Å². The minimum absolute atomic E-state index is 0.608. The fraction of sp³-hybridized carbons (Fsp3) is 0.111. The van der Waals surface area contributed by atoms with Crippen molar-refractivity contribution in [2.45, 2.75) is 0 Å². The Labute approximate surface area is 76.2 Å². The van der Waals surface area contributed by atoms with E-state index in [0.29, 0.717) is 6.29 Å². The van der Waals surface area contributed by atoms with E-state index in [2.05, 4.69) is 10.5 Å². The van der Waals surface area contributed by atoms with Gasteiger partial charge in [-0.15, -0.1) is 0 Å². The molecule has 0 fully saturated rings. The van der Waals surface area contributed by atoms with E-state index in [1.807, 2.05) is 0 Å². The minimum Gasteiger partial charge on any atom is -0.497 e. The fourth-order valence-electron chi connectivity index (χ4n) is 0.808. The number of nitrogens with zero attached hydrogens (tertiary/aromatic N) is 1. The maximum Gasteiger partial charge on any atom is 0.162 e. The average molecular weight is 178 g/mol. The Kier molecular flexibility index (Phi) is 3.50. The number of nitrogens with one attached hydrogen (secondary N) is 1. The summed E-state index contributed by atoms with van der Waals surface area (Å²) in [5.74, 6) is 0.782. The number of rotatable bonds is 4. The van der Waals surface area contributed by atoms with Crippen molar-refractivity contribution < 1.29 is 9.53 Å². The summed E-state index contributed by atoms with van der Waals surface area (Å²) in [6.07, 6.45) is 1.75. The lowest BCUT2D eigenvalue weighted by Gasteiger charge is -2.01. The number of carbonyl (C=O) groups is 1. The summed E-state index contributed by atoms with van der Waals surface area (Å²) < 4.78 is 4.97. The summed E-state index contributed by atoms with van der Waals surface area (Å²) in [5.41, 5.74) is 3.48. The highest BCUT2D eigenvalue weighted by Gasteiger charge is 1.90. The van der Waals surface area contributed by atoms with Crippen molar-refractivity contribution in [3.63, 3.8) is 0 Å². The first kappa shape index (κ1) is 9.25. The normalized spacial score (nSPS) is 9.92. The van der Waals surface area contributed by atoms with Gasteiger partial charge in [0, 0.05) is 0 Å². The molecule has 4 nitrogen and oxygen atoms in total. The monoisotopic (exact) mass is 178 g/mol. The van der Waals surface area contributed by atoms with E-state index in [0.717, 1.165) is 17.7 Å². The molecule has 13 heavy (non-hydrogen) atoms. The quantitative estimate of drug-likeness (QED) is 0.429. The van der Waals surface area contributed by atoms with Gasteiger partial charge in [-0.25, -0.2) is 0 Å². The van der Waals surface area contributed by atoms with Crippen LogP contribution in [0.4, 0.5) is 5.69 Å². The van der Waals surface area contributed by atoms with E-state index in [1.165, 1.54) is 0 Å². The van der Waals surface area contributed by atoms with E-state index in [9.17, 15) is 4.79 Å². The van der Waals surface area contributed by atoms with E-state index in [-0.39, 0.29) is 0 Å². The summed E-state index contributed by atoms with van der Waals surface area (Å²) in [5, 5.41) is 3.63. The van der Waals surface area contributed by atoms with E-state index in [1.54, 1.807) is 31.4 Å². The fourth-order valence-corrected chi connectivity index (χ4v) is 0.808. The van der Waals surface area contributed by atoms with Crippen LogP contribution in [0.25, 0.3) is 0 Å². The van der Waals surface area contributed by atoms with Gasteiger partial charge in [0.1, 0.15) is 5.75 Å². The molecule has 0 saturated heterocycles. The van der Waals surface area contributed by atoms with Crippen LogP contribution in [0, 0.1) is 0 Å². The van der Waals surface area contributed by atoms with E-state index >= 15 is 0 Å². The average Bonchev–Trinajstić information content (AvgIpc) is 2.19. The van der Waals surface area contributed by atoms with Crippen molar-refractivity contribution in [1.82, 2.24) is 0 Å². The molecule has 0 heterocycles. The van der Waals surface area contributed by atoms with E-state index < -0.39 is 0 Å². The van der Waals surface area contributed by atoms with Crippen molar-refractivity contribution in [3.8, 4) is 5.75 Å². The molecule has 68 valence electrons. The maximum absolute atomic E-state index is 9.89. The standard InChI is InChI=1S/C9H10N2O2/c1-13-9-4-2-8(3-5-9)11-10-6-7-12/h2-7,11H,1H3/b10-6+. The molecule has 0 bridgehead atoms. The van der Waals surface area contributed by atoms with Crippen LogP contribution in [0.2, 0.25) is 0 Å². The van der Waals surface area contributed by atoms with Crippen molar-refractivity contribution in [1.29, 1.82) is 0 Å². The predicted octanol–water partition coefficient (Wildman–Crippen LogP) is 1.29. The highest BCUT2D eigenvalue weighted by atomic mass is 16.5. The van der Waals surface area contributed by atoms with Gasteiger partial charge in [-0.05, 0) is 24.3 Å². The van der Waals surface area contributed by atoms with Crippen molar-refractivity contribution in [2.75, 3.05) is 12.5 Å². The predicted molar refractivity (Wildman–Crippen MR) is 51.2 cm³/mol. The number of methoxy groups -OCH3 is 1. The zero-order valence-electron chi connectivity index (χ0n) is 7.23. The van der Waals surface area contributed by atoms with Gasteiger partial charge < -0.3 is 4.74 Å². The van der Waals surface area contributed by atoms with Crippen LogP contribution < -0.4 is 10.2 Å². The molecule has 0 saturated carbocycles. The third-order valence-corrected chi connectivity index (χ3v) is 1.42. The number of carbonyl (C=O) groups excluding carboxylic acids is 1. The molecule has 0 aromatic heterocycles. The number of hydrogen-bond donors (Lipinski definition) is 1. The molecular weight excluding hydrogens is 168 g/mol. The molecule has 0 aliphatic rings. The second kappa shape index (κ2) is 4.92. The smallest absolute Gasteiger partial charge is 0.162 e. The third kappa shape index (κ3) is 2.94. The molecule has 0 spiro atoms. The van der Waals surface area contributed by atoms with Gasteiger partial charge >= 0.3 is 0 Å². The molecular formula is C9H10N2O2. The lowest BCUT2D eigenvalue weighted by Crippen LogP contribution is -1.89. The summed E-state index contributed by atoms with van der Waals surface area (Å²) in [7, 11) is 1.60. The molecule has 1 N–H and O–H groups in total. The first-order valence-corrected chi connectivity index (χ1v) is 3.73. The molecule has 1 rings (SSSR count). The first-order chi connectivity index (χ1) is 6.36. The van der Waals surface area contributed by atoms with Crippen LogP contribution in [-0.4, -0.2) is 19.6 Å². The Morgan fingerprint density at radius 1 is 1.38 bits per heavy atom. The molecule has 0 aliphatic carbocycles. The van der Waals surface area contributed by atoms with Gasteiger partial charge in [0.05, 0.1) is 19.0 Å². The van der Waals surface area contributed by atoms with Gasteiger partial charge in [-0.3, -0.25) is 10.2 Å². The van der Waals surface area contributed by atoms with Crippen molar-refractivity contribution in [2.24, 2.45) is 5.10 Å². The number of anilines is 1. The number of ether oxygens (including phenoxy) is 1. The Hall–Kier alpha value is -1.84. The molecule has 0 aliphatic heterocycles. The van der Waals surface area contributed by atoms with Crippen LogP contribution in [0.1, 0.15) is 0 Å². The third-order valence-electron chi connectivity index (χ3n) is 1.42. The van der Waals surface area contributed by atoms with Gasteiger partial charge in [0.15, 0.2) is 6.29 Å². The zero-order chi connectivity index (χ0) is 9.52. The Morgan fingerprint density at radius 2 is 2.08 bits per heavy atom. The molecule has 0 atom stereocenters. The van der Waals surface area contributed by atoms with Gasteiger partial charge in [0.25, 0.3) is 0 Å². The highest BCUT2D eigenvalue weighted by Crippen LogP contribution is 2.14. The van der Waals surface area contributed by atoms with Crippen LogP contribution >= 0.6 is 0 Å².